The van der Waals surface area contributed by atoms with Gasteiger partial charge < -0.3 is 10.1 Å². The van der Waals surface area contributed by atoms with E-state index in [4.69, 9.17) is 4.74 Å². The zero-order valence-corrected chi connectivity index (χ0v) is 21.1. The summed E-state index contributed by atoms with van der Waals surface area (Å²) in [6, 6.07) is 20.9. The van der Waals surface area contributed by atoms with E-state index >= 15 is 0 Å². The molecule has 4 aromatic rings. The summed E-state index contributed by atoms with van der Waals surface area (Å²) in [6.07, 6.45) is 0.716. The highest BCUT2D eigenvalue weighted by molar-refractivity contribution is 9.10. The Kier molecular flexibility index (Phi) is 6.08. The van der Waals surface area contributed by atoms with Crippen LogP contribution in [0, 0.1) is 0 Å². The number of nitrogens with zero attached hydrogens (tertiary/aromatic N) is 2. The number of hydrogen-bond acceptors (Lipinski definition) is 6. The summed E-state index contributed by atoms with van der Waals surface area (Å²) in [5.74, 6) is 1.14. The lowest BCUT2D eigenvalue weighted by atomic mass is 9.97. The second kappa shape index (κ2) is 9.20. The van der Waals surface area contributed by atoms with Crippen LogP contribution in [0.5, 0.6) is 5.75 Å². The van der Waals surface area contributed by atoms with Crippen molar-refractivity contribution in [2.45, 2.75) is 17.9 Å². The molecule has 1 aliphatic heterocycles. The Hall–Kier alpha value is -3.63. The third kappa shape index (κ3) is 4.80. The largest absolute Gasteiger partial charge is 0.497 e. The second-order valence-electron chi connectivity index (χ2n) is 8.00. The summed E-state index contributed by atoms with van der Waals surface area (Å²) in [6.45, 7) is 0.536. The summed E-state index contributed by atoms with van der Waals surface area (Å²) < 4.78 is 35.8. The molecule has 3 aromatic carbocycles. The van der Waals surface area contributed by atoms with Crippen LogP contribution in [0.1, 0.15) is 5.56 Å². The lowest BCUT2D eigenvalue weighted by Gasteiger charge is -2.22. The van der Waals surface area contributed by atoms with Crippen LogP contribution < -0.4 is 20.5 Å². The Morgan fingerprint density at radius 3 is 2.60 bits per heavy atom. The van der Waals surface area contributed by atoms with Gasteiger partial charge in [-0.3, -0.25) is 9.29 Å². The van der Waals surface area contributed by atoms with E-state index in [0.29, 0.717) is 34.6 Å². The van der Waals surface area contributed by atoms with E-state index in [1.165, 1.54) is 12.1 Å². The van der Waals surface area contributed by atoms with Gasteiger partial charge in [0.25, 0.3) is 10.0 Å². The molecule has 0 saturated heterocycles. The minimum Gasteiger partial charge on any atom is -0.497 e. The molecule has 0 aliphatic carbocycles. The highest BCUT2D eigenvalue weighted by Crippen LogP contribution is 2.32. The van der Waals surface area contributed by atoms with Crippen LogP contribution >= 0.6 is 15.9 Å². The van der Waals surface area contributed by atoms with Crippen molar-refractivity contribution in [3.05, 3.63) is 93.3 Å². The molecular weight excluding hydrogens is 532 g/mol. The lowest BCUT2D eigenvalue weighted by Crippen LogP contribution is -2.28. The zero-order valence-electron chi connectivity index (χ0n) is 18.7. The fraction of sp³-hybridized carbons (Fsp3) is 0.120. The van der Waals surface area contributed by atoms with Gasteiger partial charge >= 0.3 is 5.69 Å². The van der Waals surface area contributed by atoms with Gasteiger partial charge in [-0.2, -0.15) is 4.98 Å². The second-order valence-corrected chi connectivity index (χ2v) is 10.6. The van der Waals surface area contributed by atoms with Crippen molar-refractivity contribution in [3.63, 3.8) is 0 Å². The number of fused-ring (bicyclic) bond motifs is 3. The molecule has 10 heteroatoms. The van der Waals surface area contributed by atoms with Crippen LogP contribution in [-0.4, -0.2) is 25.1 Å². The third-order valence-corrected chi connectivity index (χ3v) is 7.57. The predicted octanol–water partition coefficient (Wildman–Crippen LogP) is 4.78. The van der Waals surface area contributed by atoms with Crippen molar-refractivity contribution in [3.8, 4) is 17.0 Å². The number of ether oxygens (including phenoxy) is 1. The van der Waals surface area contributed by atoms with E-state index in [-0.39, 0.29) is 10.6 Å². The summed E-state index contributed by atoms with van der Waals surface area (Å²) >= 11 is 3.30. The fourth-order valence-electron chi connectivity index (χ4n) is 4.05. The van der Waals surface area contributed by atoms with Crippen molar-refractivity contribution in [1.82, 2.24) is 9.55 Å². The van der Waals surface area contributed by atoms with Crippen molar-refractivity contribution in [2.75, 3.05) is 17.1 Å². The number of nitrogens with one attached hydrogen (secondary N) is 2. The molecule has 178 valence electrons. The molecule has 35 heavy (non-hydrogen) atoms. The number of hydrogen-bond donors (Lipinski definition) is 2. The quantitative estimate of drug-likeness (QED) is 0.356. The molecule has 0 bridgehead atoms. The molecule has 2 N–H and O–H groups in total. The Labute approximate surface area is 210 Å². The maximum absolute atomic E-state index is 12.8. The van der Waals surface area contributed by atoms with Gasteiger partial charge in [0.05, 0.1) is 23.4 Å². The van der Waals surface area contributed by atoms with E-state index in [9.17, 15) is 13.2 Å². The molecule has 0 spiro atoms. The van der Waals surface area contributed by atoms with E-state index in [1.54, 1.807) is 48.1 Å². The van der Waals surface area contributed by atoms with Crippen LogP contribution in [0.2, 0.25) is 0 Å². The monoisotopic (exact) mass is 552 g/mol. The first kappa shape index (κ1) is 23.1. The summed E-state index contributed by atoms with van der Waals surface area (Å²) in [5, 5.41) is 3.13. The molecule has 0 radical (unpaired) electrons. The van der Waals surface area contributed by atoms with Gasteiger partial charge in [0, 0.05) is 28.3 Å². The van der Waals surface area contributed by atoms with Crippen molar-refractivity contribution < 1.29 is 13.2 Å². The molecule has 0 fully saturated rings. The maximum atomic E-state index is 12.8. The third-order valence-electron chi connectivity index (χ3n) is 5.70. The van der Waals surface area contributed by atoms with Crippen LogP contribution in [0.15, 0.2) is 87.0 Å². The average molecular weight is 553 g/mol. The smallest absolute Gasteiger partial charge is 0.350 e. The van der Waals surface area contributed by atoms with Gasteiger partial charge in [0.2, 0.25) is 0 Å². The minimum atomic E-state index is -3.77. The highest BCUT2D eigenvalue weighted by Gasteiger charge is 2.20. The van der Waals surface area contributed by atoms with Crippen LogP contribution in [0.25, 0.3) is 11.3 Å². The average Bonchev–Trinajstić information content (AvgIpc) is 2.83. The molecule has 1 aromatic heterocycles. The van der Waals surface area contributed by atoms with Gasteiger partial charge in [0.1, 0.15) is 11.6 Å². The molecule has 0 saturated carbocycles. The molecule has 8 nitrogen and oxygen atoms in total. The number of anilines is 3. The SMILES string of the molecule is COc1ccc2c(c1)CCn1c-2cc(Nc2cccc(NS(=O)(=O)c3cccc(Br)c3)c2)nc1=O. The number of rotatable bonds is 6. The van der Waals surface area contributed by atoms with Crippen LogP contribution in [-0.2, 0) is 23.0 Å². The summed E-state index contributed by atoms with van der Waals surface area (Å²) in [5.41, 5.74) is 3.44. The van der Waals surface area contributed by atoms with E-state index in [1.807, 2.05) is 24.3 Å². The first-order chi connectivity index (χ1) is 16.8. The highest BCUT2D eigenvalue weighted by atomic mass is 79.9. The van der Waals surface area contributed by atoms with Crippen molar-refractivity contribution in [2.24, 2.45) is 0 Å². The normalized spacial score (nSPS) is 12.4. The number of benzene rings is 3. The first-order valence-corrected chi connectivity index (χ1v) is 13.0. The molecule has 0 atom stereocenters. The van der Waals surface area contributed by atoms with Crippen LogP contribution in [0.3, 0.4) is 0 Å². The maximum Gasteiger partial charge on any atom is 0.350 e. The Balaban J connectivity index is 1.43. The first-order valence-electron chi connectivity index (χ1n) is 10.8. The van der Waals surface area contributed by atoms with Gasteiger partial charge in [-0.05, 0) is 66.6 Å². The lowest BCUT2D eigenvalue weighted by molar-refractivity contribution is 0.414. The molecule has 5 rings (SSSR count). The predicted molar refractivity (Wildman–Crippen MR) is 139 cm³/mol. The van der Waals surface area contributed by atoms with Gasteiger partial charge in [-0.1, -0.05) is 28.1 Å². The minimum absolute atomic E-state index is 0.143. The van der Waals surface area contributed by atoms with E-state index < -0.39 is 10.0 Å². The van der Waals surface area contributed by atoms with Gasteiger partial charge in [0.15, 0.2) is 0 Å². The Bertz CT molecular complexity index is 1600. The van der Waals surface area contributed by atoms with Gasteiger partial charge in [-0.25, -0.2) is 13.2 Å². The van der Waals surface area contributed by atoms with Crippen molar-refractivity contribution in [1.29, 1.82) is 0 Å². The summed E-state index contributed by atoms with van der Waals surface area (Å²) in [7, 11) is -2.14. The molecule has 0 amide bonds. The van der Waals surface area contributed by atoms with Gasteiger partial charge in [-0.15, -0.1) is 0 Å². The number of aryl methyl sites for hydroxylation is 1. The summed E-state index contributed by atoms with van der Waals surface area (Å²) in [4.78, 5) is 17.1. The molecule has 1 aliphatic rings. The molecule has 2 heterocycles. The number of methoxy groups -OCH3 is 1. The molecular formula is C25H21BrN4O4S. The molecule has 0 unspecified atom stereocenters. The van der Waals surface area contributed by atoms with E-state index in [0.717, 1.165) is 22.6 Å². The number of sulfonamides is 1. The topological polar surface area (TPSA) is 102 Å². The standard InChI is InChI=1S/C25H21BrN4O4S/c1-34-20-8-9-22-16(12-20)10-11-30-23(22)15-24(28-25(30)31)27-18-5-3-6-19(14-18)29-35(32,33)21-7-2-4-17(26)13-21/h2-9,12-15,29H,10-11H2,1H3,(H,27,28,31). The van der Waals surface area contributed by atoms with E-state index in [2.05, 4.69) is 31.0 Å². The number of halogens is 1. The Morgan fingerprint density at radius 2 is 1.80 bits per heavy atom. The van der Waals surface area contributed by atoms with Crippen LogP contribution in [0.4, 0.5) is 17.2 Å². The zero-order chi connectivity index (χ0) is 24.6. The Morgan fingerprint density at radius 1 is 1.00 bits per heavy atom. The number of aromatic nitrogens is 2. The van der Waals surface area contributed by atoms with Crippen molar-refractivity contribution >= 4 is 43.1 Å². The fourth-order valence-corrected chi connectivity index (χ4v) is 5.70.